The molecule has 0 saturated carbocycles. The van der Waals surface area contributed by atoms with Gasteiger partial charge in [-0.25, -0.2) is 8.42 Å². The average molecular weight is 441 g/mol. The highest BCUT2D eigenvalue weighted by atomic mass is 32.2. The van der Waals surface area contributed by atoms with Crippen molar-refractivity contribution in [2.45, 2.75) is 10.7 Å². The van der Waals surface area contributed by atoms with E-state index in [1.807, 2.05) is 0 Å². The minimum absolute atomic E-state index is 0.0876. The van der Waals surface area contributed by atoms with E-state index in [1.165, 1.54) is 30.3 Å². The number of carbonyl (C=O) groups is 1. The van der Waals surface area contributed by atoms with Crippen molar-refractivity contribution in [1.82, 2.24) is 0 Å². The molecule has 1 amide bonds. The molecule has 0 aromatic heterocycles. The number of hydrogen-bond donors (Lipinski definition) is 1. The Hall–Kier alpha value is -3.12. The van der Waals surface area contributed by atoms with Crippen molar-refractivity contribution >= 4 is 32.8 Å². The van der Waals surface area contributed by atoms with Crippen LogP contribution in [0.15, 0.2) is 47.4 Å². The Morgan fingerprint density at radius 2 is 1.83 bits per heavy atom. The van der Waals surface area contributed by atoms with Crippen LogP contribution in [0, 0.1) is 10.1 Å². The van der Waals surface area contributed by atoms with Crippen molar-refractivity contribution in [1.29, 1.82) is 0 Å². The van der Waals surface area contributed by atoms with Crippen LogP contribution in [-0.2, 0) is 14.6 Å². The summed E-state index contributed by atoms with van der Waals surface area (Å²) in [6.07, 6.45) is 0. The van der Waals surface area contributed by atoms with Crippen LogP contribution in [0.2, 0.25) is 0 Å². The smallest absolute Gasteiger partial charge is 0.341 e. The van der Waals surface area contributed by atoms with Gasteiger partial charge in [-0.05, 0) is 18.2 Å². The van der Waals surface area contributed by atoms with E-state index in [4.69, 9.17) is 4.74 Å². The first-order valence-electron chi connectivity index (χ1n) is 8.75. The molecule has 1 aliphatic heterocycles. The number of hydrogen-bond acceptors (Lipinski definition) is 7. The quantitative estimate of drug-likeness (QED) is 0.541. The number of nitrogens with one attached hydrogen (secondary N) is 1. The fourth-order valence-electron chi connectivity index (χ4n) is 3.00. The number of alkyl halides is 2. The number of amides is 1. The van der Waals surface area contributed by atoms with Gasteiger partial charge in [0.1, 0.15) is 0 Å². The summed E-state index contributed by atoms with van der Waals surface area (Å²) < 4.78 is 55.1. The van der Waals surface area contributed by atoms with E-state index in [1.54, 1.807) is 4.90 Å². The number of non-ortho nitro benzene ring substituents is 1. The topological polar surface area (TPSA) is 119 Å². The molecule has 1 fully saturated rings. The second-order valence-corrected chi connectivity index (χ2v) is 8.20. The molecule has 0 radical (unpaired) electrons. The summed E-state index contributed by atoms with van der Waals surface area (Å²) in [4.78, 5) is 24.5. The number of benzene rings is 2. The molecule has 2 aromatic rings. The van der Waals surface area contributed by atoms with Gasteiger partial charge in [0.05, 0.1) is 40.0 Å². The van der Waals surface area contributed by atoms with Crippen LogP contribution in [0.25, 0.3) is 0 Å². The third-order valence-electron chi connectivity index (χ3n) is 4.46. The number of morpholine rings is 1. The van der Waals surface area contributed by atoms with Gasteiger partial charge < -0.3 is 15.0 Å². The van der Waals surface area contributed by atoms with E-state index >= 15 is 0 Å². The lowest BCUT2D eigenvalue weighted by molar-refractivity contribution is -0.384. The lowest BCUT2D eigenvalue weighted by Gasteiger charge is -2.30. The first-order valence-corrected chi connectivity index (χ1v) is 10.3. The van der Waals surface area contributed by atoms with E-state index in [2.05, 4.69) is 5.32 Å². The summed E-state index contributed by atoms with van der Waals surface area (Å²) in [5.41, 5.74) is -0.390. The molecule has 9 nitrogen and oxygen atoms in total. The van der Waals surface area contributed by atoms with Crippen molar-refractivity contribution in [3.05, 3.63) is 58.1 Å². The van der Waals surface area contributed by atoms with Gasteiger partial charge in [0.15, 0.2) is 0 Å². The fourth-order valence-corrected chi connectivity index (χ4v) is 3.89. The molecule has 0 unspecified atom stereocenters. The monoisotopic (exact) mass is 441 g/mol. The molecule has 0 bridgehead atoms. The summed E-state index contributed by atoms with van der Waals surface area (Å²) in [5, 5.41) is 13.5. The predicted molar refractivity (Wildman–Crippen MR) is 104 cm³/mol. The van der Waals surface area contributed by atoms with Crippen molar-refractivity contribution < 1.29 is 31.7 Å². The summed E-state index contributed by atoms with van der Waals surface area (Å²) >= 11 is 0. The molecule has 3 rings (SSSR count). The van der Waals surface area contributed by atoms with E-state index in [0.29, 0.717) is 32.0 Å². The Bertz CT molecular complexity index is 1070. The third kappa shape index (κ3) is 4.39. The number of ether oxygens (including phenoxy) is 1. The molecule has 0 aliphatic carbocycles. The number of sulfone groups is 1. The SMILES string of the molecule is O=C(Nc1ccccc1S(=O)(=O)C(F)F)c1cc([N+](=O)[O-])ccc1N1CCOCC1. The number of carbonyl (C=O) groups excluding carboxylic acids is 1. The maximum absolute atomic E-state index is 13.0. The standard InChI is InChI=1S/C18H17F2N3O6S/c19-18(20)30(27,28)16-4-2-1-3-14(16)21-17(24)13-11-12(23(25)26)5-6-15(13)22-7-9-29-10-8-22/h1-6,11,18H,7-10H2,(H,21,24). The Morgan fingerprint density at radius 3 is 2.47 bits per heavy atom. The summed E-state index contributed by atoms with van der Waals surface area (Å²) in [7, 11) is -4.97. The van der Waals surface area contributed by atoms with Gasteiger partial charge in [-0.2, -0.15) is 8.78 Å². The number of halogens is 2. The number of rotatable bonds is 6. The van der Waals surface area contributed by atoms with Gasteiger partial charge in [-0.15, -0.1) is 0 Å². The zero-order valence-electron chi connectivity index (χ0n) is 15.5. The highest BCUT2D eigenvalue weighted by molar-refractivity contribution is 7.91. The molecule has 1 N–H and O–H groups in total. The number of nitro groups is 1. The summed E-state index contributed by atoms with van der Waals surface area (Å²) in [6.45, 7) is 1.67. The second-order valence-electron chi connectivity index (χ2n) is 6.31. The highest BCUT2D eigenvalue weighted by Crippen LogP contribution is 2.30. The maximum atomic E-state index is 13.0. The Kier molecular flexibility index (Phi) is 6.27. The maximum Gasteiger partial charge on any atom is 0.341 e. The molecule has 1 heterocycles. The molecule has 30 heavy (non-hydrogen) atoms. The van der Waals surface area contributed by atoms with E-state index < -0.39 is 31.3 Å². The Labute approximate surface area is 170 Å². The van der Waals surface area contributed by atoms with Gasteiger partial charge >= 0.3 is 5.76 Å². The molecular formula is C18H17F2N3O6S. The van der Waals surface area contributed by atoms with Crippen LogP contribution >= 0.6 is 0 Å². The predicted octanol–water partition coefficient (Wildman–Crippen LogP) is 2.68. The summed E-state index contributed by atoms with van der Waals surface area (Å²) in [5.74, 6) is -4.53. The van der Waals surface area contributed by atoms with E-state index in [0.717, 1.165) is 12.1 Å². The van der Waals surface area contributed by atoms with Crippen LogP contribution < -0.4 is 10.2 Å². The molecular weight excluding hydrogens is 424 g/mol. The molecule has 0 atom stereocenters. The fraction of sp³-hybridized carbons (Fsp3) is 0.278. The van der Waals surface area contributed by atoms with Crippen LogP contribution in [0.3, 0.4) is 0 Å². The number of anilines is 2. The molecule has 160 valence electrons. The highest BCUT2D eigenvalue weighted by Gasteiger charge is 2.30. The van der Waals surface area contributed by atoms with Gasteiger partial charge in [-0.1, -0.05) is 12.1 Å². The number of nitrogens with zero attached hydrogens (tertiary/aromatic N) is 2. The van der Waals surface area contributed by atoms with Crippen LogP contribution in [0.5, 0.6) is 0 Å². The van der Waals surface area contributed by atoms with Crippen LogP contribution in [0.1, 0.15) is 10.4 Å². The van der Waals surface area contributed by atoms with Gasteiger partial charge in [0.25, 0.3) is 11.6 Å². The van der Waals surface area contributed by atoms with Crippen molar-refractivity contribution in [3.8, 4) is 0 Å². The minimum atomic E-state index is -4.97. The largest absolute Gasteiger partial charge is 0.378 e. The third-order valence-corrected chi connectivity index (χ3v) is 5.90. The summed E-state index contributed by atoms with van der Waals surface area (Å²) in [6, 6.07) is 8.46. The Balaban J connectivity index is 2.01. The normalized spacial score (nSPS) is 14.6. The Morgan fingerprint density at radius 1 is 1.17 bits per heavy atom. The first kappa shape index (κ1) is 21.6. The molecule has 1 aliphatic rings. The van der Waals surface area contributed by atoms with Crippen molar-refractivity contribution in [2.75, 3.05) is 36.5 Å². The zero-order valence-corrected chi connectivity index (χ0v) is 16.3. The molecule has 2 aromatic carbocycles. The van der Waals surface area contributed by atoms with Crippen LogP contribution in [-0.4, -0.2) is 51.3 Å². The van der Waals surface area contributed by atoms with Crippen LogP contribution in [0.4, 0.5) is 25.8 Å². The van der Waals surface area contributed by atoms with Crippen molar-refractivity contribution in [2.24, 2.45) is 0 Å². The molecule has 12 heteroatoms. The van der Waals surface area contributed by atoms with E-state index in [9.17, 15) is 32.1 Å². The first-order chi connectivity index (χ1) is 14.2. The van der Waals surface area contributed by atoms with Gasteiger partial charge in [0.2, 0.25) is 9.84 Å². The van der Waals surface area contributed by atoms with Crippen molar-refractivity contribution in [3.63, 3.8) is 0 Å². The number of nitro benzene ring substituents is 1. The van der Waals surface area contributed by atoms with Gasteiger partial charge in [0, 0.05) is 25.2 Å². The minimum Gasteiger partial charge on any atom is -0.378 e. The van der Waals surface area contributed by atoms with E-state index in [-0.39, 0.29) is 16.9 Å². The lowest BCUT2D eigenvalue weighted by atomic mass is 10.1. The number of para-hydroxylation sites is 1. The molecule has 1 saturated heterocycles. The second kappa shape index (κ2) is 8.71. The zero-order chi connectivity index (χ0) is 21.9. The molecule has 0 spiro atoms. The lowest BCUT2D eigenvalue weighted by Crippen LogP contribution is -2.37. The van der Waals surface area contributed by atoms with Gasteiger partial charge in [-0.3, -0.25) is 14.9 Å². The average Bonchev–Trinajstić information content (AvgIpc) is 2.74.